The van der Waals surface area contributed by atoms with E-state index in [0.717, 1.165) is 17.1 Å². The Morgan fingerprint density at radius 1 is 1.19 bits per heavy atom. The molecule has 1 heterocycles. The lowest BCUT2D eigenvalue weighted by Gasteiger charge is -2.08. The fourth-order valence-electron chi connectivity index (χ4n) is 1.52. The van der Waals surface area contributed by atoms with Crippen molar-refractivity contribution in [1.82, 2.24) is 9.97 Å². The first-order valence-electron chi connectivity index (χ1n) is 5.33. The van der Waals surface area contributed by atoms with Crippen LogP contribution in [-0.2, 0) is 0 Å². The fraction of sp³-hybridized carbons (Fsp3) is 0.231. The van der Waals surface area contributed by atoms with Crippen LogP contribution in [0.15, 0.2) is 36.4 Å². The second-order valence-electron chi connectivity index (χ2n) is 4.04. The quantitative estimate of drug-likeness (QED) is 0.792. The summed E-state index contributed by atoms with van der Waals surface area (Å²) >= 11 is 5.18. The predicted molar refractivity (Wildman–Crippen MR) is 68.9 cm³/mol. The Balaban J connectivity index is 2.54. The number of hydrogen-bond donors (Lipinski definition) is 1. The molecule has 0 aliphatic carbocycles. The zero-order valence-electron chi connectivity index (χ0n) is 9.40. The number of H-pyrrole nitrogens is 1. The van der Waals surface area contributed by atoms with Crippen LogP contribution in [0.1, 0.15) is 25.6 Å². The summed E-state index contributed by atoms with van der Waals surface area (Å²) in [7, 11) is 0. The summed E-state index contributed by atoms with van der Waals surface area (Å²) in [5.41, 5.74) is 2.17. The number of benzene rings is 1. The van der Waals surface area contributed by atoms with Crippen molar-refractivity contribution in [2.45, 2.75) is 19.8 Å². The van der Waals surface area contributed by atoms with Crippen LogP contribution in [0.2, 0.25) is 0 Å². The highest BCUT2D eigenvalue weighted by Crippen LogP contribution is 2.18. The molecule has 0 bridgehead atoms. The largest absolute Gasteiger partial charge is 0.343 e. The van der Waals surface area contributed by atoms with Crippen molar-refractivity contribution in [3.8, 4) is 11.3 Å². The minimum Gasteiger partial charge on any atom is -0.343 e. The predicted octanol–water partition coefficient (Wildman–Crippen LogP) is 3.93. The van der Waals surface area contributed by atoms with Gasteiger partial charge >= 0.3 is 0 Å². The molecule has 0 unspecified atom stereocenters. The molecule has 0 aliphatic heterocycles. The Kier molecular flexibility index (Phi) is 3.15. The Morgan fingerprint density at radius 2 is 1.88 bits per heavy atom. The average molecular weight is 230 g/mol. The highest BCUT2D eigenvalue weighted by Gasteiger charge is 2.04. The zero-order chi connectivity index (χ0) is 11.5. The molecule has 0 radical (unpaired) electrons. The van der Waals surface area contributed by atoms with E-state index in [-0.39, 0.29) is 0 Å². The van der Waals surface area contributed by atoms with Gasteiger partial charge in [-0.2, -0.15) is 0 Å². The average Bonchev–Trinajstić information content (AvgIpc) is 2.29. The van der Waals surface area contributed by atoms with Gasteiger partial charge in [0.05, 0.1) is 0 Å². The molecule has 0 fully saturated rings. The lowest BCUT2D eigenvalue weighted by Crippen LogP contribution is -1.99. The van der Waals surface area contributed by atoms with Gasteiger partial charge < -0.3 is 4.98 Å². The minimum absolute atomic E-state index is 0.352. The monoisotopic (exact) mass is 230 g/mol. The summed E-state index contributed by atoms with van der Waals surface area (Å²) in [5.74, 6) is 1.29. The van der Waals surface area contributed by atoms with Gasteiger partial charge in [0.15, 0.2) is 0 Å². The summed E-state index contributed by atoms with van der Waals surface area (Å²) in [6.45, 7) is 4.20. The smallest absolute Gasteiger partial charge is 0.130 e. The van der Waals surface area contributed by atoms with Gasteiger partial charge in [-0.05, 0) is 11.6 Å². The van der Waals surface area contributed by atoms with Crippen molar-refractivity contribution in [2.75, 3.05) is 0 Å². The van der Waals surface area contributed by atoms with Crippen molar-refractivity contribution >= 4 is 12.2 Å². The number of rotatable bonds is 2. The molecule has 82 valence electrons. The molecule has 3 heteroatoms. The highest BCUT2D eigenvalue weighted by molar-refractivity contribution is 7.71. The Bertz CT molecular complexity index is 529. The van der Waals surface area contributed by atoms with E-state index in [0.29, 0.717) is 10.6 Å². The summed E-state index contributed by atoms with van der Waals surface area (Å²) in [6, 6.07) is 12.1. The third kappa shape index (κ3) is 2.36. The van der Waals surface area contributed by atoms with Crippen LogP contribution in [-0.4, -0.2) is 9.97 Å². The van der Waals surface area contributed by atoms with Crippen LogP contribution in [0.4, 0.5) is 0 Å². The second-order valence-corrected chi connectivity index (χ2v) is 4.46. The van der Waals surface area contributed by atoms with Gasteiger partial charge in [0.1, 0.15) is 10.5 Å². The van der Waals surface area contributed by atoms with Crippen LogP contribution in [0, 0.1) is 4.64 Å². The molecule has 0 amide bonds. The Hall–Kier alpha value is -1.48. The molecular formula is C13H14N2S. The zero-order valence-corrected chi connectivity index (χ0v) is 10.2. The molecular weight excluding hydrogens is 216 g/mol. The molecule has 1 aromatic heterocycles. The maximum Gasteiger partial charge on any atom is 0.130 e. The van der Waals surface area contributed by atoms with E-state index in [1.54, 1.807) is 0 Å². The molecule has 0 saturated carbocycles. The van der Waals surface area contributed by atoms with E-state index in [2.05, 4.69) is 35.9 Å². The van der Waals surface area contributed by atoms with Crippen LogP contribution < -0.4 is 0 Å². The van der Waals surface area contributed by atoms with Crippen LogP contribution in [0.25, 0.3) is 11.3 Å². The summed E-state index contributed by atoms with van der Waals surface area (Å²) in [5, 5.41) is 0. The summed E-state index contributed by atoms with van der Waals surface area (Å²) in [6.07, 6.45) is 0. The molecule has 0 aliphatic rings. The summed E-state index contributed by atoms with van der Waals surface area (Å²) < 4.78 is 0.640. The molecule has 16 heavy (non-hydrogen) atoms. The third-order valence-corrected chi connectivity index (χ3v) is 2.60. The van der Waals surface area contributed by atoms with Crippen molar-refractivity contribution in [3.63, 3.8) is 0 Å². The lowest BCUT2D eigenvalue weighted by atomic mass is 10.1. The maximum absolute atomic E-state index is 5.18. The van der Waals surface area contributed by atoms with Gasteiger partial charge in [0.25, 0.3) is 0 Å². The van der Waals surface area contributed by atoms with Crippen molar-refractivity contribution in [2.24, 2.45) is 0 Å². The highest BCUT2D eigenvalue weighted by atomic mass is 32.1. The van der Waals surface area contributed by atoms with E-state index >= 15 is 0 Å². The van der Waals surface area contributed by atoms with E-state index in [4.69, 9.17) is 12.2 Å². The third-order valence-electron chi connectivity index (χ3n) is 2.39. The molecule has 2 aromatic rings. The van der Waals surface area contributed by atoms with Crippen molar-refractivity contribution in [3.05, 3.63) is 46.9 Å². The number of hydrogen-bond acceptors (Lipinski definition) is 2. The van der Waals surface area contributed by atoms with Gasteiger partial charge in [-0.25, -0.2) is 4.98 Å². The first kappa shape index (κ1) is 11.0. The minimum atomic E-state index is 0.352. The fourth-order valence-corrected chi connectivity index (χ4v) is 1.74. The van der Waals surface area contributed by atoms with Crippen LogP contribution in [0.5, 0.6) is 0 Å². The molecule has 0 spiro atoms. The van der Waals surface area contributed by atoms with Gasteiger partial charge in [-0.3, -0.25) is 0 Å². The maximum atomic E-state index is 5.18. The molecule has 2 nitrogen and oxygen atoms in total. The molecule has 0 atom stereocenters. The Morgan fingerprint density at radius 3 is 2.50 bits per heavy atom. The molecule has 1 aromatic carbocycles. The van der Waals surface area contributed by atoms with Gasteiger partial charge in [-0.15, -0.1) is 0 Å². The SMILES string of the molecule is CC(C)c1nc(=S)cc(-c2ccccc2)[nH]1. The first-order chi connectivity index (χ1) is 7.66. The van der Waals surface area contributed by atoms with Gasteiger partial charge in [-0.1, -0.05) is 56.4 Å². The lowest BCUT2D eigenvalue weighted by molar-refractivity contribution is 0.773. The van der Waals surface area contributed by atoms with E-state index in [1.807, 2.05) is 24.3 Å². The van der Waals surface area contributed by atoms with Gasteiger partial charge in [0, 0.05) is 11.6 Å². The van der Waals surface area contributed by atoms with Gasteiger partial charge in [0.2, 0.25) is 0 Å². The summed E-state index contributed by atoms with van der Waals surface area (Å²) in [4.78, 5) is 7.64. The topological polar surface area (TPSA) is 28.7 Å². The van der Waals surface area contributed by atoms with Crippen molar-refractivity contribution in [1.29, 1.82) is 0 Å². The van der Waals surface area contributed by atoms with E-state index < -0.39 is 0 Å². The first-order valence-corrected chi connectivity index (χ1v) is 5.74. The van der Waals surface area contributed by atoms with E-state index in [1.165, 1.54) is 0 Å². The number of aromatic amines is 1. The molecule has 0 saturated heterocycles. The number of nitrogens with one attached hydrogen (secondary N) is 1. The molecule has 1 N–H and O–H groups in total. The van der Waals surface area contributed by atoms with Crippen LogP contribution in [0.3, 0.4) is 0 Å². The normalized spacial score (nSPS) is 10.7. The number of nitrogens with zero attached hydrogens (tertiary/aromatic N) is 1. The van der Waals surface area contributed by atoms with Crippen LogP contribution >= 0.6 is 12.2 Å². The standard InChI is InChI=1S/C13H14N2S/c1-9(2)13-14-11(8-12(16)15-13)10-6-4-3-5-7-10/h3-9H,1-2H3,(H,14,15,16). The molecule has 2 rings (SSSR count). The van der Waals surface area contributed by atoms with Crippen molar-refractivity contribution < 1.29 is 0 Å². The number of aromatic nitrogens is 2. The Labute approximate surface area is 100 Å². The second kappa shape index (κ2) is 4.58. The van der Waals surface area contributed by atoms with E-state index in [9.17, 15) is 0 Å².